The van der Waals surface area contributed by atoms with Gasteiger partial charge in [-0.15, -0.1) is 0 Å². The molecule has 3 aliphatic rings. The number of fused-ring (bicyclic) bond motifs is 9. The quantitative estimate of drug-likeness (QED) is 0.164. The van der Waals surface area contributed by atoms with Crippen molar-refractivity contribution in [3.8, 4) is 33.9 Å². The lowest BCUT2D eigenvalue weighted by Gasteiger charge is -2.38. The lowest BCUT2D eigenvalue weighted by molar-refractivity contribution is 0.643. The summed E-state index contributed by atoms with van der Waals surface area (Å²) in [5, 5.41) is 0.793. The van der Waals surface area contributed by atoms with E-state index in [4.69, 9.17) is 9.97 Å². The van der Waals surface area contributed by atoms with Gasteiger partial charge in [-0.3, -0.25) is 0 Å². The van der Waals surface area contributed by atoms with Gasteiger partial charge >= 0.3 is 5.69 Å². The minimum atomic E-state index is -0.416. The first-order chi connectivity index (χ1) is 28.2. The molecule has 58 heavy (non-hydrogen) atoms. The van der Waals surface area contributed by atoms with Gasteiger partial charge in [-0.1, -0.05) is 143 Å². The number of hydrogen-bond acceptors (Lipinski definition) is 5. The topological polar surface area (TPSA) is 63.4 Å². The fraction of sp³-hybridized carbons (Fsp3) is 0.154. The van der Waals surface area contributed by atoms with E-state index < -0.39 is 5.69 Å². The number of anilines is 2. The highest BCUT2D eigenvalue weighted by molar-refractivity contribution is 5.95. The highest BCUT2D eigenvalue weighted by Gasteiger charge is 2.42. The summed E-state index contributed by atoms with van der Waals surface area (Å²) in [5.41, 5.74) is 15.2. The summed E-state index contributed by atoms with van der Waals surface area (Å²) in [6, 6.07) is 50.6. The molecule has 11 rings (SSSR count). The van der Waals surface area contributed by atoms with Crippen molar-refractivity contribution in [1.82, 2.24) is 19.4 Å². The Balaban J connectivity index is 1.09. The van der Waals surface area contributed by atoms with Crippen molar-refractivity contribution in [3.63, 3.8) is 0 Å². The van der Waals surface area contributed by atoms with Gasteiger partial charge in [0.15, 0.2) is 17.3 Å². The van der Waals surface area contributed by atoms with Gasteiger partial charge in [-0.25, -0.2) is 19.2 Å². The van der Waals surface area contributed by atoms with E-state index in [9.17, 15) is 4.79 Å². The Morgan fingerprint density at radius 2 is 1.29 bits per heavy atom. The van der Waals surface area contributed by atoms with Gasteiger partial charge in [-0.2, -0.15) is 4.98 Å². The third-order valence-electron chi connectivity index (χ3n) is 12.8. The third-order valence-corrected chi connectivity index (χ3v) is 12.8. The Labute approximate surface area is 337 Å². The Kier molecular flexibility index (Phi) is 7.42. The fourth-order valence-electron chi connectivity index (χ4n) is 10.0. The van der Waals surface area contributed by atoms with Gasteiger partial charge in [0, 0.05) is 38.7 Å². The average Bonchev–Trinajstić information content (AvgIpc) is 3.63. The molecule has 0 aliphatic heterocycles. The van der Waals surface area contributed by atoms with Crippen LogP contribution in [-0.2, 0) is 10.8 Å². The molecule has 2 heterocycles. The Hall–Kier alpha value is -6.92. The average molecular weight is 752 g/mol. The van der Waals surface area contributed by atoms with E-state index in [1.807, 2.05) is 54.6 Å². The first kappa shape index (κ1) is 34.3. The van der Waals surface area contributed by atoms with Crippen molar-refractivity contribution in [1.29, 1.82) is 0 Å². The van der Waals surface area contributed by atoms with Crippen LogP contribution < -0.4 is 10.6 Å². The van der Waals surface area contributed by atoms with E-state index >= 15 is 0 Å². The molecular formula is C52H41N5O. The molecule has 6 aromatic carbocycles. The maximum atomic E-state index is 14.0. The largest absolute Gasteiger partial charge is 0.357 e. The molecule has 280 valence electrons. The minimum absolute atomic E-state index is 0.0459. The van der Waals surface area contributed by atoms with Crippen LogP contribution in [0.5, 0.6) is 0 Å². The molecule has 0 amide bonds. The molecular weight excluding hydrogens is 711 g/mol. The van der Waals surface area contributed by atoms with Gasteiger partial charge in [-0.05, 0) is 93.4 Å². The molecule has 8 aromatic rings. The number of benzene rings is 6. The van der Waals surface area contributed by atoms with Crippen LogP contribution in [0, 0.1) is 0 Å². The first-order valence-corrected chi connectivity index (χ1v) is 20.1. The van der Waals surface area contributed by atoms with Gasteiger partial charge in [0.1, 0.15) is 0 Å². The second kappa shape index (κ2) is 12.5. The van der Waals surface area contributed by atoms with E-state index in [0.29, 0.717) is 17.3 Å². The molecule has 1 atom stereocenters. The minimum Gasteiger partial charge on any atom is -0.334 e. The van der Waals surface area contributed by atoms with Crippen molar-refractivity contribution in [3.05, 3.63) is 196 Å². The van der Waals surface area contributed by atoms with Crippen molar-refractivity contribution in [2.75, 3.05) is 4.90 Å². The molecule has 0 saturated carbocycles. The Morgan fingerprint density at radius 3 is 2.09 bits per heavy atom. The zero-order valence-electron chi connectivity index (χ0n) is 32.9. The van der Waals surface area contributed by atoms with E-state index in [1.165, 1.54) is 50.2 Å². The van der Waals surface area contributed by atoms with Crippen molar-refractivity contribution < 1.29 is 0 Å². The summed E-state index contributed by atoms with van der Waals surface area (Å²) >= 11 is 0. The van der Waals surface area contributed by atoms with Crippen LogP contribution in [0.3, 0.4) is 0 Å². The summed E-state index contributed by atoms with van der Waals surface area (Å²) < 4.78 is 1.56. The lowest BCUT2D eigenvalue weighted by Crippen LogP contribution is -2.33. The van der Waals surface area contributed by atoms with E-state index in [2.05, 4.69) is 141 Å². The molecule has 0 bridgehead atoms. The molecule has 2 aromatic heterocycles. The van der Waals surface area contributed by atoms with Crippen LogP contribution in [0.1, 0.15) is 56.4 Å². The van der Waals surface area contributed by atoms with E-state index in [-0.39, 0.29) is 16.9 Å². The number of aromatic nitrogens is 4. The number of hydrogen-bond donors (Lipinski definition) is 0. The molecule has 0 fully saturated rings. The summed E-state index contributed by atoms with van der Waals surface area (Å²) in [6.07, 6.45) is 5.85. The highest BCUT2D eigenvalue weighted by atomic mass is 16.1. The van der Waals surface area contributed by atoms with Crippen molar-refractivity contribution in [2.45, 2.75) is 51.0 Å². The second-order valence-electron chi connectivity index (χ2n) is 16.8. The molecule has 1 unspecified atom stereocenters. The van der Waals surface area contributed by atoms with Gasteiger partial charge < -0.3 is 4.90 Å². The van der Waals surface area contributed by atoms with Gasteiger partial charge in [0.25, 0.3) is 0 Å². The highest BCUT2D eigenvalue weighted by Crippen LogP contribution is 2.55. The van der Waals surface area contributed by atoms with Crippen LogP contribution in [0.4, 0.5) is 11.4 Å². The molecule has 6 nitrogen and oxygen atoms in total. The maximum absolute atomic E-state index is 14.0. The molecule has 0 saturated heterocycles. The second-order valence-corrected chi connectivity index (χ2v) is 16.8. The van der Waals surface area contributed by atoms with Crippen LogP contribution >= 0.6 is 0 Å². The third kappa shape index (κ3) is 4.97. The fourth-order valence-corrected chi connectivity index (χ4v) is 10.0. The number of rotatable bonds is 5. The molecule has 3 aliphatic carbocycles. The Bertz CT molecular complexity index is 3120. The van der Waals surface area contributed by atoms with Crippen LogP contribution in [0.25, 0.3) is 56.0 Å². The first-order valence-electron chi connectivity index (χ1n) is 20.1. The van der Waals surface area contributed by atoms with Gasteiger partial charge in [0.05, 0.1) is 11.6 Å². The summed E-state index contributed by atoms with van der Waals surface area (Å²) in [4.78, 5) is 31.1. The zero-order chi connectivity index (χ0) is 39.3. The normalized spacial score (nSPS) is 16.9. The van der Waals surface area contributed by atoms with E-state index in [0.717, 1.165) is 34.1 Å². The van der Waals surface area contributed by atoms with E-state index in [1.54, 1.807) is 4.40 Å². The van der Waals surface area contributed by atoms with Crippen LogP contribution in [0.2, 0.25) is 0 Å². The molecule has 6 heteroatoms. The number of para-hydroxylation sites is 1. The maximum Gasteiger partial charge on any atom is 0.357 e. The summed E-state index contributed by atoms with van der Waals surface area (Å²) in [5.74, 6) is 0.900. The zero-order valence-corrected chi connectivity index (χ0v) is 32.9. The monoisotopic (exact) mass is 751 g/mol. The number of allylic oxidation sites excluding steroid dienone is 2. The lowest BCUT2D eigenvalue weighted by atomic mass is 9.79. The SMILES string of the molecule is CC1(C)C2=CCC(N(c3ccc(-c4nc5ccccc5c5nc(-c6ccccc6)nc(=O)n45)cc3)c3cccc4c3C(C)(C)c3ccccc3-4)C=C2c2ccccc21. The van der Waals surface area contributed by atoms with Gasteiger partial charge in [0.2, 0.25) is 0 Å². The Morgan fingerprint density at radius 1 is 0.621 bits per heavy atom. The standard InChI is InChI=1S/C52H41N5O/c1-51(2)41-21-11-9-18-37(41)40-31-35(29-30-43(40)51)56(45-24-14-20-38-36-17-8-12-22-42(36)52(3,4)46(38)45)34-27-25-33(26-28-34)48-53-44-23-13-10-19-39(44)49-54-47(55-50(58)57(48)49)32-15-6-5-7-16-32/h5-28,30-31,35H,29H2,1-4H3. The molecule has 0 spiro atoms. The smallest absolute Gasteiger partial charge is 0.334 e. The summed E-state index contributed by atoms with van der Waals surface area (Å²) in [6.45, 7) is 9.41. The van der Waals surface area contributed by atoms with Crippen molar-refractivity contribution in [2.24, 2.45) is 0 Å². The molecule has 0 radical (unpaired) electrons. The van der Waals surface area contributed by atoms with Crippen LogP contribution in [0.15, 0.2) is 168 Å². The van der Waals surface area contributed by atoms with Crippen molar-refractivity contribution >= 4 is 33.5 Å². The van der Waals surface area contributed by atoms with Crippen LogP contribution in [-0.4, -0.2) is 25.4 Å². The summed E-state index contributed by atoms with van der Waals surface area (Å²) in [7, 11) is 0. The predicted octanol–water partition coefficient (Wildman–Crippen LogP) is 11.5. The predicted molar refractivity (Wildman–Crippen MR) is 236 cm³/mol. The number of nitrogens with zero attached hydrogens (tertiary/aromatic N) is 5. The molecule has 0 N–H and O–H groups in total.